The van der Waals surface area contributed by atoms with Gasteiger partial charge in [-0.3, -0.25) is 14.5 Å². The third-order valence-electron chi connectivity index (χ3n) is 5.30. The van der Waals surface area contributed by atoms with E-state index in [0.717, 1.165) is 29.7 Å². The molecule has 6 heteroatoms. The molecule has 2 amide bonds. The monoisotopic (exact) mass is 433 g/mol. The van der Waals surface area contributed by atoms with Crippen LogP contribution in [0.4, 0.5) is 5.69 Å². The maximum Gasteiger partial charge on any atom is 0.283 e. The van der Waals surface area contributed by atoms with Crippen LogP contribution in [0.1, 0.15) is 49.3 Å². The van der Waals surface area contributed by atoms with Crippen LogP contribution < -0.4 is 10.2 Å². The van der Waals surface area contributed by atoms with Crippen molar-refractivity contribution in [2.24, 2.45) is 4.99 Å². The van der Waals surface area contributed by atoms with Crippen LogP contribution in [0.2, 0.25) is 0 Å². The molecule has 5 nitrogen and oxygen atoms in total. The van der Waals surface area contributed by atoms with Crippen molar-refractivity contribution in [1.82, 2.24) is 5.32 Å². The van der Waals surface area contributed by atoms with Gasteiger partial charge in [-0.2, -0.15) is 0 Å². The summed E-state index contributed by atoms with van der Waals surface area (Å²) in [5.41, 5.74) is 4.43. The lowest BCUT2D eigenvalue weighted by Gasteiger charge is -2.18. The minimum atomic E-state index is -0.179. The van der Waals surface area contributed by atoms with E-state index in [1.165, 1.54) is 17.3 Å². The highest BCUT2D eigenvalue weighted by Gasteiger charge is 2.32. The summed E-state index contributed by atoms with van der Waals surface area (Å²) in [5.74, 6) is 0.492. The maximum atomic E-state index is 13.2. The van der Waals surface area contributed by atoms with E-state index in [9.17, 15) is 9.59 Å². The molecule has 1 aliphatic heterocycles. The quantitative estimate of drug-likeness (QED) is 0.661. The largest absolute Gasteiger partial charge is 0.353 e. The Morgan fingerprint density at radius 1 is 1.16 bits per heavy atom. The van der Waals surface area contributed by atoms with Crippen molar-refractivity contribution < 1.29 is 9.59 Å². The van der Waals surface area contributed by atoms with Crippen molar-refractivity contribution in [2.75, 3.05) is 10.7 Å². The second-order valence-corrected chi connectivity index (χ2v) is 9.29. The number of aliphatic imine (C=N–C) groups is 1. The average molecular weight is 434 g/mol. The second kappa shape index (κ2) is 9.10. The number of aryl methyl sites for hydroxylation is 1. The van der Waals surface area contributed by atoms with E-state index in [4.69, 9.17) is 0 Å². The number of carbonyl (C=O) groups is 2. The summed E-state index contributed by atoms with van der Waals surface area (Å²) in [7, 11) is 0. The predicted octanol–water partition coefficient (Wildman–Crippen LogP) is 4.87. The van der Waals surface area contributed by atoms with Crippen molar-refractivity contribution >= 4 is 40.5 Å². The highest BCUT2D eigenvalue weighted by Crippen LogP contribution is 2.30. The van der Waals surface area contributed by atoms with Crippen LogP contribution in [0.15, 0.2) is 59.2 Å². The smallest absolute Gasteiger partial charge is 0.283 e. The number of nitrogens with zero attached hydrogens (tertiary/aromatic N) is 2. The summed E-state index contributed by atoms with van der Waals surface area (Å²) >= 11 is 1.30. The normalized spacial score (nSPS) is 17.4. The summed E-state index contributed by atoms with van der Waals surface area (Å²) < 4.78 is 0. The number of hydrogen-bond donors (Lipinski definition) is 1. The summed E-state index contributed by atoms with van der Waals surface area (Å²) in [5, 5.41) is 3.52. The van der Waals surface area contributed by atoms with Gasteiger partial charge in [-0.05, 0) is 55.0 Å². The van der Waals surface area contributed by atoms with E-state index >= 15 is 0 Å². The summed E-state index contributed by atoms with van der Waals surface area (Å²) in [6, 6.07) is 16.3. The fourth-order valence-electron chi connectivity index (χ4n) is 3.28. The molecule has 0 unspecified atom stereocenters. The van der Waals surface area contributed by atoms with Crippen molar-refractivity contribution in [3.63, 3.8) is 0 Å². The molecular weight excluding hydrogens is 406 g/mol. The molecule has 2 aromatic rings. The molecule has 1 heterocycles. The molecule has 0 aromatic heterocycles. The fourth-order valence-corrected chi connectivity index (χ4v) is 4.10. The Kier molecular flexibility index (Phi) is 6.28. The second-order valence-electron chi connectivity index (χ2n) is 8.35. The minimum Gasteiger partial charge on any atom is -0.353 e. The van der Waals surface area contributed by atoms with Crippen LogP contribution in [-0.2, 0) is 9.59 Å². The molecule has 0 bridgehead atoms. The minimum absolute atomic E-state index is 0.0202. The molecule has 160 valence electrons. The number of anilines is 1. The molecule has 0 spiro atoms. The van der Waals surface area contributed by atoms with Crippen molar-refractivity contribution in [1.29, 1.82) is 0 Å². The van der Waals surface area contributed by atoms with E-state index in [0.29, 0.717) is 22.8 Å². The van der Waals surface area contributed by atoms with Crippen LogP contribution >= 0.6 is 11.8 Å². The van der Waals surface area contributed by atoms with Gasteiger partial charge in [-0.1, -0.05) is 67.6 Å². The van der Waals surface area contributed by atoms with Crippen LogP contribution in [0.3, 0.4) is 0 Å². The molecule has 2 aliphatic rings. The molecule has 1 saturated carbocycles. The Bertz CT molecular complexity index is 1040. The molecule has 1 aliphatic carbocycles. The van der Waals surface area contributed by atoms with E-state index in [1.54, 1.807) is 4.90 Å². The Morgan fingerprint density at radius 2 is 1.84 bits per heavy atom. The topological polar surface area (TPSA) is 61.8 Å². The van der Waals surface area contributed by atoms with E-state index in [1.807, 2.05) is 49.4 Å². The standard InChI is InChI=1S/C25H27N3O2S/c1-16(2)19-8-6-18(7-9-19)14-22-24(30)28(21-12-4-17(3)5-13-21)25(27-22)31-15-23(29)26-20-10-11-20/h4-9,12-14,16,20H,10-11,15H2,1-3H3,(H,26,29)/b22-14-. The lowest BCUT2D eigenvalue weighted by molar-refractivity contribution is -0.118. The number of benzene rings is 2. The van der Waals surface area contributed by atoms with Crippen molar-refractivity contribution in [2.45, 2.75) is 45.6 Å². The number of rotatable bonds is 6. The van der Waals surface area contributed by atoms with Gasteiger partial charge in [0.2, 0.25) is 5.91 Å². The third-order valence-corrected chi connectivity index (χ3v) is 6.24. The maximum absolute atomic E-state index is 13.2. The van der Waals surface area contributed by atoms with Crippen LogP contribution in [0, 0.1) is 6.92 Å². The zero-order valence-electron chi connectivity index (χ0n) is 18.1. The number of amidine groups is 1. The first-order valence-electron chi connectivity index (χ1n) is 10.6. The molecule has 2 aromatic carbocycles. The highest BCUT2D eigenvalue weighted by atomic mass is 32.2. The molecular formula is C25H27N3O2S. The first-order chi connectivity index (χ1) is 14.9. The lowest BCUT2D eigenvalue weighted by atomic mass is 10.0. The fraction of sp³-hybridized carbons (Fsp3) is 0.320. The van der Waals surface area contributed by atoms with E-state index in [-0.39, 0.29) is 17.6 Å². The predicted molar refractivity (Wildman–Crippen MR) is 128 cm³/mol. The SMILES string of the molecule is Cc1ccc(N2C(=O)/C(=C/c3ccc(C(C)C)cc3)N=C2SCC(=O)NC2CC2)cc1. The van der Waals surface area contributed by atoms with Gasteiger partial charge in [-0.15, -0.1) is 0 Å². The van der Waals surface area contributed by atoms with E-state index < -0.39 is 0 Å². The van der Waals surface area contributed by atoms with Crippen molar-refractivity contribution in [3.05, 3.63) is 70.9 Å². The summed E-state index contributed by atoms with van der Waals surface area (Å²) in [4.78, 5) is 31.6. The first kappa shape index (κ1) is 21.4. The first-order valence-corrected chi connectivity index (χ1v) is 11.6. The number of nitrogens with one attached hydrogen (secondary N) is 1. The van der Waals surface area contributed by atoms with Gasteiger partial charge in [0.05, 0.1) is 11.4 Å². The van der Waals surface area contributed by atoms with Gasteiger partial charge in [-0.25, -0.2) is 4.99 Å². The summed E-state index contributed by atoms with van der Waals surface area (Å²) in [6.07, 6.45) is 3.91. The summed E-state index contributed by atoms with van der Waals surface area (Å²) in [6.45, 7) is 6.31. The highest BCUT2D eigenvalue weighted by molar-refractivity contribution is 8.14. The van der Waals surface area contributed by atoms with Gasteiger partial charge in [0.1, 0.15) is 5.70 Å². The van der Waals surface area contributed by atoms with E-state index in [2.05, 4.69) is 36.3 Å². The zero-order chi connectivity index (χ0) is 22.0. The number of amides is 2. The van der Waals surface area contributed by atoms with Crippen molar-refractivity contribution in [3.8, 4) is 0 Å². The lowest BCUT2D eigenvalue weighted by Crippen LogP contribution is -2.32. The van der Waals surface area contributed by atoms with Gasteiger partial charge >= 0.3 is 0 Å². The molecule has 1 N–H and O–H groups in total. The van der Waals surface area contributed by atoms with Gasteiger partial charge in [0.25, 0.3) is 5.91 Å². The van der Waals surface area contributed by atoms with Gasteiger partial charge < -0.3 is 5.32 Å². The number of hydrogen-bond acceptors (Lipinski definition) is 4. The van der Waals surface area contributed by atoms with Crippen LogP contribution in [-0.4, -0.2) is 28.8 Å². The van der Waals surface area contributed by atoms with Crippen LogP contribution in [0.5, 0.6) is 0 Å². The Labute approximate surface area is 187 Å². The average Bonchev–Trinajstić information content (AvgIpc) is 3.51. The third kappa shape index (κ3) is 5.25. The van der Waals surface area contributed by atoms with Crippen LogP contribution in [0.25, 0.3) is 6.08 Å². The van der Waals surface area contributed by atoms with Gasteiger partial charge in [0.15, 0.2) is 5.17 Å². The molecule has 0 atom stereocenters. The Morgan fingerprint density at radius 3 is 2.45 bits per heavy atom. The Balaban J connectivity index is 1.58. The molecule has 0 radical (unpaired) electrons. The molecule has 1 fully saturated rings. The number of thioether (sulfide) groups is 1. The Hall–Kier alpha value is -2.86. The number of carbonyl (C=O) groups excluding carboxylic acids is 2. The molecule has 0 saturated heterocycles. The van der Waals surface area contributed by atoms with Gasteiger partial charge in [0, 0.05) is 6.04 Å². The molecule has 31 heavy (non-hydrogen) atoms. The zero-order valence-corrected chi connectivity index (χ0v) is 18.9. The molecule has 4 rings (SSSR count).